The number of piperidine rings is 1. The van der Waals surface area contributed by atoms with Gasteiger partial charge in [0.2, 0.25) is 0 Å². The largest absolute Gasteiger partial charge is 0.323 e. The molecule has 1 aromatic heterocycles. The van der Waals surface area contributed by atoms with Gasteiger partial charge < -0.3 is 9.88 Å². The van der Waals surface area contributed by atoms with Crippen molar-refractivity contribution in [2.75, 3.05) is 13.1 Å². The number of fused-ring (bicyclic) bond motifs is 1. The minimum absolute atomic E-state index is 0.0796. The van der Waals surface area contributed by atoms with Crippen molar-refractivity contribution in [3.05, 3.63) is 30.1 Å². The monoisotopic (exact) mass is 285 g/mol. The summed E-state index contributed by atoms with van der Waals surface area (Å²) in [6.07, 6.45) is 5.01. The second-order valence-electron chi connectivity index (χ2n) is 7.27. The van der Waals surface area contributed by atoms with Gasteiger partial charge in [-0.3, -0.25) is 0 Å². The molecule has 0 aliphatic carbocycles. The third-order valence-electron chi connectivity index (χ3n) is 4.48. The van der Waals surface area contributed by atoms with Gasteiger partial charge in [0, 0.05) is 12.0 Å². The topological polar surface area (TPSA) is 29.9 Å². The zero-order valence-corrected chi connectivity index (χ0v) is 13.5. The van der Waals surface area contributed by atoms with Crippen LogP contribution in [-0.2, 0) is 12.0 Å². The number of aryl methyl sites for hydroxylation is 1. The van der Waals surface area contributed by atoms with E-state index in [1.165, 1.54) is 43.7 Å². The fourth-order valence-corrected chi connectivity index (χ4v) is 3.50. The summed E-state index contributed by atoms with van der Waals surface area (Å²) in [6.45, 7) is 9.18. The fourth-order valence-electron chi connectivity index (χ4n) is 3.50. The smallest absolute Gasteiger partial charge is 0.110 e. The zero-order chi connectivity index (χ0) is 14.9. The molecule has 3 rings (SSSR count). The van der Waals surface area contributed by atoms with E-state index in [2.05, 4.69) is 54.9 Å². The first-order valence-electron chi connectivity index (χ1n) is 8.23. The third kappa shape index (κ3) is 3.13. The van der Waals surface area contributed by atoms with Crippen LogP contribution in [0.5, 0.6) is 0 Å². The highest BCUT2D eigenvalue weighted by Crippen LogP contribution is 2.27. The number of rotatable bonds is 3. The summed E-state index contributed by atoms with van der Waals surface area (Å²) in [4.78, 5) is 4.91. The van der Waals surface area contributed by atoms with Crippen LogP contribution in [0.4, 0.5) is 0 Å². The number of aromatic nitrogens is 2. The minimum atomic E-state index is 0.0796. The third-order valence-corrected chi connectivity index (χ3v) is 4.48. The maximum absolute atomic E-state index is 4.91. The summed E-state index contributed by atoms with van der Waals surface area (Å²) in [5.41, 5.74) is 2.47. The molecule has 1 unspecified atom stereocenters. The maximum atomic E-state index is 4.91. The lowest BCUT2D eigenvalue weighted by molar-refractivity contribution is 0.344. The van der Waals surface area contributed by atoms with Crippen molar-refractivity contribution in [3.8, 4) is 0 Å². The molecule has 114 valence electrons. The first-order valence-corrected chi connectivity index (χ1v) is 8.23. The lowest BCUT2D eigenvalue weighted by atomic mass is 9.94. The molecule has 3 nitrogen and oxygen atoms in total. The van der Waals surface area contributed by atoms with Crippen molar-refractivity contribution in [1.82, 2.24) is 14.9 Å². The molecule has 0 radical (unpaired) electrons. The van der Waals surface area contributed by atoms with E-state index in [9.17, 15) is 0 Å². The molecule has 1 aliphatic heterocycles. The van der Waals surface area contributed by atoms with Crippen LogP contribution in [-0.4, -0.2) is 22.6 Å². The second kappa shape index (κ2) is 5.80. The Labute approximate surface area is 127 Å². The van der Waals surface area contributed by atoms with E-state index < -0.39 is 0 Å². The van der Waals surface area contributed by atoms with Crippen LogP contribution in [0, 0.1) is 5.92 Å². The van der Waals surface area contributed by atoms with Crippen LogP contribution in [0.2, 0.25) is 0 Å². The lowest BCUT2D eigenvalue weighted by Crippen LogP contribution is -2.30. The van der Waals surface area contributed by atoms with Crippen molar-refractivity contribution >= 4 is 11.0 Å². The van der Waals surface area contributed by atoms with Gasteiger partial charge in [-0.15, -0.1) is 0 Å². The van der Waals surface area contributed by atoms with E-state index >= 15 is 0 Å². The quantitative estimate of drug-likeness (QED) is 0.931. The molecular weight excluding hydrogens is 258 g/mol. The van der Waals surface area contributed by atoms with Gasteiger partial charge >= 0.3 is 0 Å². The molecule has 0 amide bonds. The molecule has 1 aromatic carbocycles. The molecule has 0 bridgehead atoms. The first-order chi connectivity index (χ1) is 10.1. The zero-order valence-electron chi connectivity index (χ0n) is 13.5. The molecule has 1 N–H and O–H groups in total. The Morgan fingerprint density at radius 3 is 2.81 bits per heavy atom. The van der Waals surface area contributed by atoms with Gasteiger partial charge in [0.05, 0.1) is 11.0 Å². The number of hydrogen-bond donors (Lipinski definition) is 1. The molecule has 1 saturated heterocycles. The number of imidazole rings is 1. The number of hydrogen-bond acceptors (Lipinski definition) is 2. The van der Waals surface area contributed by atoms with E-state index in [1.54, 1.807) is 0 Å². The highest BCUT2D eigenvalue weighted by Gasteiger charge is 2.22. The summed E-state index contributed by atoms with van der Waals surface area (Å²) < 4.78 is 2.43. The number of para-hydroxylation sites is 2. The molecule has 0 saturated carbocycles. The number of nitrogens with zero attached hydrogens (tertiary/aromatic N) is 2. The summed E-state index contributed by atoms with van der Waals surface area (Å²) in [5, 5.41) is 3.52. The first kappa shape index (κ1) is 14.6. The van der Waals surface area contributed by atoms with Crippen molar-refractivity contribution in [2.24, 2.45) is 5.92 Å². The van der Waals surface area contributed by atoms with Gasteiger partial charge in [0.15, 0.2) is 0 Å². The molecule has 1 atom stereocenters. The Morgan fingerprint density at radius 2 is 2.10 bits per heavy atom. The Hall–Kier alpha value is -1.35. The highest BCUT2D eigenvalue weighted by atomic mass is 15.1. The molecule has 0 spiro atoms. The van der Waals surface area contributed by atoms with Crippen LogP contribution < -0.4 is 5.32 Å². The molecular formula is C18H27N3. The summed E-state index contributed by atoms with van der Waals surface area (Å²) in [7, 11) is 0. The molecule has 1 fully saturated rings. The van der Waals surface area contributed by atoms with E-state index in [0.717, 1.165) is 17.9 Å². The van der Waals surface area contributed by atoms with Crippen LogP contribution in [0.1, 0.15) is 45.9 Å². The van der Waals surface area contributed by atoms with Crippen molar-refractivity contribution in [1.29, 1.82) is 0 Å². The number of benzene rings is 1. The highest BCUT2D eigenvalue weighted by molar-refractivity contribution is 5.76. The van der Waals surface area contributed by atoms with Crippen LogP contribution >= 0.6 is 0 Å². The average Bonchev–Trinajstić information content (AvgIpc) is 2.84. The Balaban J connectivity index is 1.86. The van der Waals surface area contributed by atoms with Crippen LogP contribution in [0.15, 0.2) is 24.3 Å². The van der Waals surface area contributed by atoms with E-state index in [-0.39, 0.29) is 5.54 Å². The fraction of sp³-hybridized carbons (Fsp3) is 0.611. The van der Waals surface area contributed by atoms with Crippen LogP contribution in [0.3, 0.4) is 0 Å². The second-order valence-corrected chi connectivity index (χ2v) is 7.27. The van der Waals surface area contributed by atoms with E-state index in [4.69, 9.17) is 4.98 Å². The minimum Gasteiger partial charge on any atom is -0.323 e. The predicted octanol–water partition coefficient (Wildman–Crippen LogP) is 3.72. The van der Waals surface area contributed by atoms with Gasteiger partial charge in [0.1, 0.15) is 5.82 Å². The van der Waals surface area contributed by atoms with Gasteiger partial charge in [-0.1, -0.05) is 12.1 Å². The van der Waals surface area contributed by atoms with E-state index in [0.29, 0.717) is 0 Å². The van der Waals surface area contributed by atoms with Crippen LogP contribution in [0.25, 0.3) is 11.0 Å². The Kier molecular flexibility index (Phi) is 4.03. The van der Waals surface area contributed by atoms with Crippen molar-refractivity contribution in [3.63, 3.8) is 0 Å². The van der Waals surface area contributed by atoms with Gasteiger partial charge in [-0.05, 0) is 71.2 Å². The summed E-state index contributed by atoms with van der Waals surface area (Å²) in [5.74, 6) is 2.06. The van der Waals surface area contributed by atoms with Gasteiger partial charge in [-0.2, -0.15) is 0 Å². The van der Waals surface area contributed by atoms with Gasteiger partial charge in [-0.25, -0.2) is 4.98 Å². The van der Waals surface area contributed by atoms with Crippen molar-refractivity contribution < 1.29 is 0 Å². The number of nitrogens with one attached hydrogen (secondary N) is 1. The molecule has 3 heteroatoms. The van der Waals surface area contributed by atoms with Crippen molar-refractivity contribution in [2.45, 2.75) is 52.0 Å². The SMILES string of the molecule is CC(C)(C)n1c(CCC2CCCNC2)nc2ccccc21. The Morgan fingerprint density at radius 1 is 1.29 bits per heavy atom. The Bertz CT molecular complexity index is 600. The average molecular weight is 285 g/mol. The van der Waals surface area contributed by atoms with Gasteiger partial charge in [0.25, 0.3) is 0 Å². The lowest BCUT2D eigenvalue weighted by Gasteiger charge is -2.26. The standard InChI is InChI=1S/C18H27N3/c1-18(2,3)21-16-9-5-4-8-15(16)20-17(21)11-10-14-7-6-12-19-13-14/h4-5,8-9,14,19H,6-7,10-13H2,1-3H3. The normalized spacial score (nSPS) is 20.0. The summed E-state index contributed by atoms with van der Waals surface area (Å²) >= 11 is 0. The predicted molar refractivity (Wildman–Crippen MR) is 88.6 cm³/mol. The maximum Gasteiger partial charge on any atom is 0.110 e. The summed E-state index contributed by atoms with van der Waals surface area (Å²) in [6, 6.07) is 8.51. The molecule has 21 heavy (non-hydrogen) atoms. The molecule has 2 aromatic rings. The van der Waals surface area contributed by atoms with E-state index in [1.807, 2.05) is 0 Å². The molecule has 2 heterocycles. The molecule has 1 aliphatic rings.